The monoisotopic (exact) mass is 409 g/mol. The summed E-state index contributed by atoms with van der Waals surface area (Å²) in [5, 5.41) is 31.0. The van der Waals surface area contributed by atoms with Crippen LogP contribution in [0.15, 0.2) is 48.5 Å². The Morgan fingerprint density at radius 2 is 1.83 bits per heavy atom. The number of carbonyl (C=O) groups excluding carboxylic acids is 1. The number of hydrogen-bond donors (Lipinski definition) is 1. The van der Waals surface area contributed by atoms with E-state index in [0.717, 1.165) is 11.1 Å². The standard InChI is InChI=1S/C21H20ClN5O2/c22-19-7-5-16(6-8-19)12-20(29)13-18(21-24-26-27(25-21)9-10-28)11-15-1-3-17(14-23)4-2-15/h1-8,18,28H,9-13H2/t18-/m1/s1. The van der Waals surface area contributed by atoms with Crippen LogP contribution in [0.2, 0.25) is 5.02 Å². The molecule has 0 aliphatic rings. The van der Waals surface area contributed by atoms with Crippen LogP contribution >= 0.6 is 11.6 Å². The third-order valence-electron chi connectivity index (χ3n) is 4.49. The molecule has 0 saturated heterocycles. The minimum Gasteiger partial charge on any atom is -0.394 e. The number of nitrogens with zero attached hydrogens (tertiary/aromatic N) is 5. The fourth-order valence-corrected chi connectivity index (χ4v) is 3.16. The Kier molecular flexibility index (Phi) is 7.06. The van der Waals surface area contributed by atoms with Crippen LogP contribution in [0.3, 0.4) is 0 Å². The molecule has 148 valence electrons. The molecule has 7 nitrogen and oxygen atoms in total. The Hall–Kier alpha value is -3.08. The van der Waals surface area contributed by atoms with E-state index in [1.165, 1.54) is 4.80 Å². The fraction of sp³-hybridized carbons (Fsp3) is 0.286. The fourth-order valence-electron chi connectivity index (χ4n) is 3.03. The Labute approximate surface area is 173 Å². The number of rotatable bonds is 9. The molecule has 3 aromatic rings. The van der Waals surface area contributed by atoms with Crippen LogP contribution in [0.5, 0.6) is 0 Å². The zero-order valence-corrected chi connectivity index (χ0v) is 16.5. The maximum atomic E-state index is 12.7. The number of hydrogen-bond acceptors (Lipinski definition) is 6. The van der Waals surface area contributed by atoms with E-state index in [1.807, 2.05) is 24.3 Å². The number of nitriles is 1. The van der Waals surface area contributed by atoms with Crippen molar-refractivity contribution in [2.24, 2.45) is 0 Å². The SMILES string of the molecule is N#Cc1ccc(C[C@H](CC(=O)Cc2ccc(Cl)cc2)c2nnn(CCO)n2)cc1. The van der Waals surface area contributed by atoms with E-state index in [4.69, 9.17) is 22.0 Å². The van der Waals surface area contributed by atoms with Crippen molar-refractivity contribution in [3.05, 3.63) is 76.1 Å². The van der Waals surface area contributed by atoms with Gasteiger partial charge in [0.2, 0.25) is 0 Å². The summed E-state index contributed by atoms with van der Waals surface area (Å²) in [6.07, 6.45) is 1.10. The average molecular weight is 410 g/mol. The van der Waals surface area contributed by atoms with Gasteiger partial charge in [-0.05, 0) is 47.0 Å². The van der Waals surface area contributed by atoms with Crippen molar-refractivity contribution in [1.29, 1.82) is 5.26 Å². The molecule has 3 rings (SSSR count). The predicted octanol–water partition coefficient (Wildman–Crippen LogP) is 2.72. The normalized spacial score (nSPS) is 11.8. The Morgan fingerprint density at radius 1 is 1.14 bits per heavy atom. The lowest BCUT2D eigenvalue weighted by Crippen LogP contribution is -2.14. The van der Waals surface area contributed by atoms with Gasteiger partial charge in [0.15, 0.2) is 5.82 Å². The van der Waals surface area contributed by atoms with Crippen molar-refractivity contribution in [2.45, 2.75) is 31.7 Å². The summed E-state index contributed by atoms with van der Waals surface area (Å²) in [5.41, 5.74) is 2.45. The van der Waals surface area contributed by atoms with Crippen molar-refractivity contribution in [3.8, 4) is 6.07 Å². The molecule has 0 radical (unpaired) electrons. The molecule has 0 saturated carbocycles. The quantitative estimate of drug-likeness (QED) is 0.582. The highest BCUT2D eigenvalue weighted by Gasteiger charge is 2.22. The second-order valence-electron chi connectivity index (χ2n) is 6.72. The molecule has 8 heteroatoms. The van der Waals surface area contributed by atoms with Gasteiger partial charge in [0, 0.05) is 23.8 Å². The van der Waals surface area contributed by atoms with Crippen LogP contribution < -0.4 is 0 Å². The number of ketones is 1. The van der Waals surface area contributed by atoms with Gasteiger partial charge in [0.1, 0.15) is 5.78 Å². The highest BCUT2D eigenvalue weighted by Crippen LogP contribution is 2.23. The summed E-state index contributed by atoms with van der Waals surface area (Å²) in [4.78, 5) is 14.0. The number of carbonyl (C=O) groups is 1. The van der Waals surface area contributed by atoms with E-state index in [-0.39, 0.29) is 31.3 Å². The average Bonchev–Trinajstić information content (AvgIpc) is 3.19. The first-order chi connectivity index (χ1) is 14.1. The number of aliphatic hydroxyl groups is 1. The highest BCUT2D eigenvalue weighted by molar-refractivity contribution is 6.30. The number of halogens is 1. The zero-order valence-electron chi connectivity index (χ0n) is 15.7. The molecular weight excluding hydrogens is 390 g/mol. The second-order valence-corrected chi connectivity index (χ2v) is 7.16. The lowest BCUT2D eigenvalue weighted by Gasteiger charge is -2.13. The molecule has 0 spiro atoms. The van der Waals surface area contributed by atoms with E-state index in [9.17, 15) is 4.79 Å². The first-order valence-electron chi connectivity index (χ1n) is 9.21. The largest absolute Gasteiger partial charge is 0.394 e. The molecule has 0 fully saturated rings. The van der Waals surface area contributed by atoms with Gasteiger partial charge in [-0.1, -0.05) is 35.9 Å². The smallest absolute Gasteiger partial charge is 0.178 e. The Morgan fingerprint density at radius 3 is 2.48 bits per heavy atom. The summed E-state index contributed by atoms with van der Waals surface area (Å²) in [5.74, 6) is 0.270. The van der Waals surface area contributed by atoms with Gasteiger partial charge in [-0.3, -0.25) is 4.79 Å². The molecule has 0 unspecified atom stereocenters. The van der Waals surface area contributed by atoms with E-state index in [1.54, 1.807) is 24.3 Å². The van der Waals surface area contributed by atoms with E-state index in [2.05, 4.69) is 21.5 Å². The van der Waals surface area contributed by atoms with Gasteiger partial charge in [-0.25, -0.2) is 0 Å². The predicted molar refractivity (Wildman–Crippen MR) is 107 cm³/mol. The number of aromatic nitrogens is 4. The molecule has 1 atom stereocenters. The minimum absolute atomic E-state index is 0.0597. The minimum atomic E-state index is -0.254. The molecule has 0 bridgehead atoms. The van der Waals surface area contributed by atoms with Crippen LogP contribution in [0.4, 0.5) is 0 Å². The molecule has 2 aromatic carbocycles. The van der Waals surface area contributed by atoms with Crippen LogP contribution in [-0.4, -0.2) is 37.7 Å². The van der Waals surface area contributed by atoms with Crippen molar-refractivity contribution in [3.63, 3.8) is 0 Å². The molecular formula is C21H20ClN5O2. The van der Waals surface area contributed by atoms with Crippen LogP contribution in [0.25, 0.3) is 0 Å². The van der Waals surface area contributed by atoms with Crippen LogP contribution in [-0.2, 0) is 24.2 Å². The lowest BCUT2D eigenvalue weighted by molar-refractivity contribution is -0.118. The maximum Gasteiger partial charge on any atom is 0.178 e. The lowest BCUT2D eigenvalue weighted by atomic mass is 9.91. The van der Waals surface area contributed by atoms with Crippen LogP contribution in [0, 0.1) is 11.3 Å². The zero-order chi connectivity index (χ0) is 20.6. The Balaban J connectivity index is 1.76. The topological polar surface area (TPSA) is 105 Å². The van der Waals surface area contributed by atoms with Crippen molar-refractivity contribution < 1.29 is 9.90 Å². The first kappa shape index (κ1) is 20.6. The van der Waals surface area contributed by atoms with Gasteiger partial charge in [-0.2, -0.15) is 10.1 Å². The van der Waals surface area contributed by atoms with Gasteiger partial charge >= 0.3 is 0 Å². The number of Topliss-reactive ketones (excluding diaryl/α,β-unsaturated/α-hetero) is 1. The third-order valence-corrected chi connectivity index (χ3v) is 4.74. The Bertz CT molecular complexity index is 993. The van der Waals surface area contributed by atoms with Gasteiger partial charge in [0.25, 0.3) is 0 Å². The molecule has 1 heterocycles. The molecule has 1 N–H and O–H groups in total. The van der Waals surface area contributed by atoms with Gasteiger partial charge in [-0.15, -0.1) is 10.2 Å². The highest BCUT2D eigenvalue weighted by atomic mass is 35.5. The van der Waals surface area contributed by atoms with E-state index < -0.39 is 0 Å². The summed E-state index contributed by atoms with van der Waals surface area (Å²) in [6.45, 7) is 0.154. The second kappa shape index (κ2) is 9.92. The molecule has 0 aliphatic carbocycles. The van der Waals surface area contributed by atoms with Crippen LogP contribution in [0.1, 0.15) is 34.9 Å². The third kappa shape index (κ3) is 5.95. The van der Waals surface area contributed by atoms with Gasteiger partial charge in [0.05, 0.1) is 24.8 Å². The number of aliphatic hydroxyl groups excluding tert-OH is 1. The first-order valence-corrected chi connectivity index (χ1v) is 9.59. The summed E-state index contributed by atoms with van der Waals surface area (Å²) < 4.78 is 0. The maximum absolute atomic E-state index is 12.7. The van der Waals surface area contributed by atoms with Gasteiger partial charge < -0.3 is 5.11 Å². The van der Waals surface area contributed by atoms with Crippen molar-refractivity contribution >= 4 is 17.4 Å². The summed E-state index contributed by atoms with van der Waals surface area (Å²) in [7, 11) is 0. The molecule has 0 aliphatic heterocycles. The number of benzene rings is 2. The van der Waals surface area contributed by atoms with Crippen molar-refractivity contribution in [2.75, 3.05) is 6.61 Å². The van der Waals surface area contributed by atoms with Crippen molar-refractivity contribution in [1.82, 2.24) is 20.2 Å². The summed E-state index contributed by atoms with van der Waals surface area (Å²) in [6, 6.07) is 16.5. The molecule has 29 heavy (non-hydrogen) atoms. The van der Waals surface area contributed by atoms with E-state index in [0.29, 0.717) is 29.3 Å². The molecule has 1 aromatic heterocycles. The summed E-state index contributed by atoms with van der Waals surface area (Å²) >= 11 is 5.90. The van der Waals surface area contributed by atoms with E-state index >= 15 is 0 Å². The molecule has 0 amide bonds. The number of tetrazole rings is 1.